The molecule has 0 aromatic heterocycles. The van der Waals surface area contributed by atoms with Gasteiger partial charge in [-0.15, -0.1) is 0 Å². The second-order valence-electron chi connectivity index (χ2n) is 5.70. The van der Waals surface area contributed by atoms with Crippen molar-refractivity contribution >= 4 is 0 Å². The third-order valence-corrected chi connectivity index (χ3v) is 4.31. The molecule has 0 aliphatic heterocycles. The second-order valence-corrected chi connectivity index (χ2v) is 5.70. The molecular formula is C19H23NO. The van der Waals surface area contributed by atoms with Crippen LogP contribution in [0.2, 0.25) is 0 Å². The van der Waals surface area contributed by atoms with Crippen LogP contribution >= 0.6 is 0 Å². The summed E-state index contributed by atoms with van der Waals surface area (Å²) in [4.78, 5) is 0. The first-order chi connectivity index (χ1) is 10.4. The molecule has 1 aliphatic carbocycles. The molecule has 1 N–H and O–H groups in total. The number of ether oxygens (including phenoxy) is 1. The molecule has 2 nitrogen and oxygen atoms in total. The first-order valence-electron chi connectivity index (χ1n) is 7.81. The summed E-state index contributed by atoms with van der Waals surface area (Å²) in [5.41, 5.74) is 4.32. The van der Waals surface area contributed by atoms with E-state index in [-0.39, 0.29) is 0 Å². The molecule has 0 radical (unpaired) electrons. The summed E-state index contributed by atoms with van der Waals surface area (Å²) >= 11 is 0. The maximum atomic E-state index is 5.34. The minimum Gasteiger partial charge on any atom is -0.497 e. The Bertz CT molecular complexity index is 579. The molecule has 3 rings (SSSR count). The number of rotatable bonds is 6. The van der Waals surface area contributed by atoms with Gasteiger partial charge >= 0.3 is 0 Å². The molecule has 0 heterocycles. The Kier molecular flexibility index (Phi) is 4.56. The lowest BCUT2D eigenvalue weighted by Crippen LogP contribution is -2.20. The van der Waals surface area contributed by atoms with Crippen molar-refractivity contribution in [3.63, 3.8) is 0 Å². The molecule has 0 fully saturated rings. The molecule has 2 aromatic rings. The summed E-state index contributed by atoms with van der Waals surface area (Å²) in [5.74, 6) is 0.965. The van der Waals surface area contributed by atoms with Crippen LogP contribution in [0.25, 0.3) is 0 Å². The zero-order valence-electron chi connectivity index (χ0n) is 12.6. The maximum Gasteiger partial charge on any atom is 0.119 e. The van der Waals surface area contributed by atoms with Crippen molar-refractivity contribution in [2.24, 2.45) is 0 Å². The lowest BCUT2D eigenvalue weighted by molar-refractivity contribution is 0.413. The second kappa shape index (κ2) is 6.77. The van der Waals surface area contributed by atoms with Crippen molar-refractivity contribution in [2.45, 2.75) is 31.7 Å². The third kappa shape index (κ3) is 3.45. The van der Waals surface area contributed by atoms with Crippen molar-refractivity contribution in [2.75, 3.05) is 13.7 Å². The average Bonchev–Trinajstić information content (AvgIpc) is 2.95. The van der Waals surface area contributed by atoms with Crippen LogP contribution in [0, 0.1) is 0 Å². The maximum absolute atomic E-state index is 5.34. The molecule has 0 spiro atoms. The highest BCUT2D eigenvalue weighted by Gasteiger charge is 2.22. The van der Waals surface area contributed by atoms with Crippen LogP contribution < -0.4 is 10.1 Å². The van der Waals surface area contributed by atoms with Gasteiger partial charge in [-0.05, 0) is 61.1 Å². The fraction of sp³-hybridized carbons (Fsp3) is 0.368. The predicted octanol–water partition coefficient (Wildman–Crippen LogP) is 3.90. The Morgan fingerprint density at radius 2 is 2.00 bits per heavy atom. The number of nitrogens with one attached hydrogen (secondary N) is 1. The topological polar surface area (TPSA) is 21.3 Å². The largest absolute Gasteiger partial charge is 0.497 e. The van der Waals surface area contributed by atoms with E-state index in [0.717, 1.165) is 18.7 Å². The minimum atomic E-state index is 0.492. The van der Waals surface area contributed by atoms with Crippen LogP contribution in [0.1, 0.15) is 35.6 Å². The number of aryl methyl sites for hydroxylation is 2. The van der Waals surface area contributed by atoms with E-state index < -0.39 is 0 Å². The summed E-state index contributed by atoms with van der Waals surface area (Å²) < 4.78 is 5.34. The zero-order chi connectivity index (χ0) is 14.5. The highest BCUT2D eigenvalue weighted by atomic mass is 16.5. The molecule has 0 amide bonds. The van der Waals surface area contributed by atoms with Gasteiger partial charge in [0.25, 0.3) is 0 Å². The van der Waals surface area contributed by atoms with Gasteiger partial charge in [0.2, 0.25) is 0 Å². The molecular weight excluding hydrogens is 258 g/mol. The van der Waals surface area contributed by atoms with Gasteiger partial charge in [-0.2, -0.15) is 0 Å². The quantitative estimate of drug-likeness (QED) is 0.811. The van der Waals surface area contributed by atoms with E-state index in [1.165, 1.54) is 36.0 Å². The standard InChI is InChI=1S/C19H23NO/c1-21-17-11-9-16-10-12-19(18(16)14-17)20-13-5-8-15-6-3-2-4-7-15/h2-4,6-7,9,11,14,19-20H,5,8,10,12-13H2,1H3. The SMILES string of the molecule is COc1ccc2c(c1)C(NCCCc1ccccc1)CC2. The van der Waals surface area contributed by atoms with Gasteiger partial charge in [0, 0.05) is 6.04 Å². The molecule has 1 unspecified atom stereocenters. The van der Waals surface area contributed by atoms with Crippen molar-refractivity contribution in [1.29, 1.82) is 0 Å². The van der Waals surface area contributed by atoms with Crippen molar-refractivity contribution in [1.82, 2.24) is 5.32 Å². The Morgan fingerprint density at radius 1 is 1.14 bits per heavy atom. The lowest BCUT2D eigenvalue weighted by Gasteiger charge is -2.15. The highest BCUT2D eigenvalue weighted by molar-refractivity contribution is 5.40. The van der Waals surface area contributed by atoms with E-state index >= 15 is 0 Å². The van der Waals surface area contributed by atoms with Crippen molar-refractivity contribution in [3.05, 3.63) is 65.2 Å². The van der Waals surface area contributed by atoms with Crippen LogP contribution in [0.3, 0.4) is 0 Å². The summed E-state index contributed by atoms with van der Waals surface area (Å²) in [7, 11) is 1.74. The lowest BCUT2D eigenvalue weighted by atomic mass is 10.1. The van der Waals surface area contributed by atoms with E-state index in [2.05, 4.69) is 53.8 Å². The van der Waals surface area contributed by atoms with Crippen LogP contribution in [0.5, 0.6) is 5.75 Å². The van der Waals surface area contributed by atoms with Gasteiger partial charge < -0.3 is 10.1 Å². The van der Waals surface area contributed by atoms with Crippen molar-refractivity contribution < 1.29 is 4.74 Å². The van der Waals surface area contributed by atoms with Crippen LogP contribution in [0.15, 0.2) is 48.5 Å². The summed E-state index contributed by atoms with van der Waals surface area (Å²) in [6.07, 6.45) is 4.70. The Labute approximate surface area is 127 Å². The van der Waals surface area contributed by atoms with E-state index in [1.54, 1.807) is 7.11 Å². The minimum absolute atomic E-state index is 0.492. The first kappa shape index (κ1) is 14.2. The van der Waals surface area contributed by atoms with Gasteiger partial charge in [-0.25, -0.2) is 0 Å². The fourth-order valence-electron chi connectivity index (χ4n) is 3.13. The monoisotopic (exact) mass is 281 g/mol. The molecule has 21 heavy (non-hydrogen) atoms. The van der Waals surface area contributed by atoms with Gasteiger partial charge in [-0.1, -0.05) is 36.4 Å². The molecule has 0 bridgehead atoms. The molecule has 110 valence electrons. The zero-order valence-corrected chi connectivity index (χ0v) is 12.6. The number of fused-ring (bicyclic) bond motifs is 1. The Hall–Kier alpha value is -1.80. The Morgan fingerprint density at radius 3 is 2.81 bits per heavy atom. The van der Waals surface area contributed by atoms with E-state index in [1.807, 2.05) is 0 Å². The average molecular weight is 281 g/mol. The summed E-state index contributed by atoms with van der Waals surface area (Å²) in [5, 5.41) is 3.70. The number of hydrogen-bond acceptors (Lipinski definition) is 2. The van der Waals surface area contributed by atoms with Crippen LogP contribution in [-0.2, 0) is 12.8 Å². The van der Waals surface area contributed by atoms with Crippen LogP contribution in [0.4, 0.5) is 0 Å². The van der Waals surface area contributed by atoms with E-state index in [4.69, 9.17) is 4.74 Å². The molecule has 1 aliphatic rings. The molecule has 2 aromatic carbocycles. The highest BCUT2D eigenvalue weighted by Crippen LogP contribution is 2.33. The normalized spacial score (nSPS) is 16.7. The number of methoxy groups -OCH3 is 1. The van der Waals surface area contributed by atoms with E-state index in [0.29, 0.717) is 6.04 Å². The number of hydrogen-bond donors (Lipinski definition) is 1. The fourth-order valence-corrected chi connectivity index (χ4v) is 3.13. The molecule has 2 heteroatoms. The van der Waals surface area contributed by atoms with Gasteiger partial charge in [-0.3, -0.25) is 0 Å². The first-order valence-corrected chi connectivity index (χ1v) is 7.81. The van der Waals surface area contributed by atoms with Crippen molar-refractivity contribution in [3.8, 4) is 5.75 Å². The number of benzene rings is 2. The smallest absolute Gasteiger partial charge is 0.119 e. The molecule has 0 saturated carbocycles. The van der Waals surface area contributed by atoms with E-state index in [9.17, 15) is 0 Å². The summed E-state index contributed by atoms with van der Waals surface area (Å²) in [6, 6.07) is 17.7. The Balaban J connectivity index is 1.51. The predicted molar refractivity (Wildman–Crippen MR) is 86.8 cm³/mol. The molecule has 1 atom stereocenters. The van der Waals surface area contributed by atoms with Crippen LogP contribution in [-0.4, -0.2) is 13.7 Å². The third-order valence-electron chi connectivity index (χ3n) is 4.31. The molecule has 0 saturated heterocycles. The van der Waals surface area contributed by atoms with Gasteiger partial charge in [0.05, 0.1) is 7.11 Å². The van der Waals surface area contributed by atoms with Gasteiger partial charge in [0.15, 0.2) is 0 Å². The van der Waals surface area contributed by atoms with Gasteiger partial charge in [0.1, 0.15) is 5.75 Å². The summed E-state index contributed by atoms with van der Waals surface area (Å²) in [6.45, 7) is 1.07.